The number of ether oxygens (including phenoxy) is 2. The van der Waals surface area contributed by atoms with Gasteiger partial charge in [0.05, 0.1) is 30.3 Å². The maximum absolute atomic E-state index is 13.1. The first kappa shape index (κ1) is 23.0. The van der Waals surface area contributed by atoms with Crippen LogP contribution in [-0.4, -0.2) is 63.3 Å². The van der Waals surface area contributed by atoms with Crippen LogP contribution in [0.5, 0.6) is 0 Å². The number of piperidine rings is 1. The van der Waals surface area contributed by atoms with Crippen molar-refractivity contribution in [3.63, 3.8) is 0 Å². The number of para-hydroxylation sites is 1. The van der Waals surface area contributed by atoms with Crippen LogP contribution in [0, 0.1) is 0 Å². The van der Waals surface area contributed by atoms with Gasteiger partial charge in [0.25, 0.3) is 0 Å². The second-order valence-corrected chi connectivity index (χ2v) is 9.59. The number of imide groups is 1. The van der Waals surface area contributed by atoms with Crippen molar-refractivity contribution in [1.29, 1.82) is 0 Å². The Morgan fingerprint density at radius 3 is 2.70 bits per heavy atom. The molecule has 0 spiro atoms. The molecule has 2 saturated heterocycles. The summed E-state index contributed by atoms with van der Waals surface area (Å²) in [5.41, 5.74) is 1.34. The quantitative estimate of drug-likeness (QED) is 0.698. The molecule has 2 aliphatic rings. The Labute approximate surface area is 191 Å². The molecule has 2 unspecified atom stereocenters. The number of fused-ring (bicyclic) bond motifs is 1. The molecule has 3 amide bonds. The van der Waals surface area contributed by atoms with Crippen LogP contribution < -0.4 is 11.0 Å². The minimum atomic E-state index is -0.734. The lowest BCUT2D eigenvalue weighted by Gasteiger charge is -2.34. The van der Waals surface area contributed by atoms with E-state index in [1.165, 1.54) is 9.13 Å². The van der Waals surface area contributed by atoms with Crippen molar-refractivity contribution < 1.29 is 23.9 Å². The lowest BCUT2D eigenvalue weighted by atomic mass is 10.0. The maximum atomic E-state index is 13.1. The van der Waals surface area contributed by atoms with Gasteiger partial charge in [-0.2, -0.15) is 0 Å². The van der Waals surface area contributed by atoms with Gasteiger partial charge in [0.1, 0.15) is 11.6 Å². The molecular formula is C23H30N4O6. The number of imidazole rings is 1. The van der Waals surface area contributed by atoms with E-state index in [4.69, 9.17) is 9.47 Å². The second kappa shape index (κ2) is 8.66. The molecule has 178 valence electrons. The van der Waals surface area contributed by atoms with E-state index in [2.05, 4.69) is 5.32 Å². The standard InChI is InChI=1S/C23H30N4O6/c1-23(2,3)33-22(31)26-10-11-32-15(13-26)12-14-6-5-7-16-19(14)25(4)21(30)27(16)17-8-9-18(28)24-20(17)29/h5-7,15,17H,8-13H2,1-4H3,(H,24,28,29). The van der Waals surface area contributed by atoms with Gasteiger partial charge < -0.3 is 14.4 Å². The van der Waals surface area contributed by atoms with Gasteiger partial charge >= 0.3 is 11.8 Å². The molecule has 10 heteroatoms. The fraction of sp³-hybridized carbons (Fsp3) is 0.565. The molecule has 1 aromatic heterocycles. The fourth-order valence-corrected chi connectivity index (χ4v) is 4.49. The molecule has 0 radical (unpaired) electrons. The highest BCUT2D eigenvalue weighted by Gasteiger charge is 2.32. The number of aromatic nitrogens is 2. The number of carbonyl (C=O) groups is 3. The van der Waals surface area contributed by atoms with Gasteiger partial charge in [0.15, 0.2) is 0 Å². The predicted octanol–water partition coefficient (Wildman–Crippen LogP) is 1.50. The Morgan fingerprint density at radius 1 is 1.24 bits per heavy atom. The predicted molar refractivity (Wildman–Crippen MR) is 120 cm³/mol. The van der Waals surface area contributed by atoms with Crippen molar-refractivity contribution in [2.45, 2.75) is 57.8 Å². The van der Waals surface area contributed by atoms with E-state index in [0.29, 0.717) is 37.2 Å². The van der Waals surface area contributed by atoms with Crippen molar-refractivity contribution in [1.82, 2.24) is 19.4 Å². The average molecular weight is 459 g/mol. The van der Waals surface area contributed by atoms with Gasteiger partial charge in [0.2, 0.25) is 11.8 Å². The monoisotopic (exact) mass is 458 g/mol. The van der Waals surface area contributed by atoms with E-state index in [0.717, 1.165) is 5.56 Å². The van der Waals surface area contributed by atoms with Crippen molar-refractivity contribution in [3.05, 3.63) is 34.2 Å². The van der Waals surface area contributed by atoms with E-state index in [-0.39, 0.29) is 36.6 Å². The molecule has 2 aliphatic heterocycles. The van der Waals surface area contributed by atoms with Gasteiger partial charge in [-0.3, -0.25) is 24.0 Å². The molecule has 10 nitrogen and oxygen atoms in total. The van der Waals surface area contributed by atoms with E-state index in [1.54, 1.807) is 18.0 Å². The van der Waals surface area contributed by atoms with E-state index < -0.39 is 17.6 Å². The van der Waals surface area contributed by atoms with Crippen LogP contribution in [0.25, 0.3) is 11.0 Å². The van der Waals surface area contributed by atoms with Gasteiger partial charge in [-0.15, -0.1) is 0 Å². The number of aryl methyl sites for hydroxylation is 1. The Morgan fingerprint density at radius 2 is 2.00 bits per heavy atom. The summed E-state index contributed by atoms with van der Waals surface area (Å²) in [6.07, 6.45) is 0.333. The molecule has 4 rings (SSSR count). The number of hydrogen-bond acceptors (Lipinski definition) is 6. The van der Waals surface area contributed by atoms with Crippen molar-refractivity contribution in [3.8, 4) is 0 Å². The summed E-state index contributed by atoms with van der Waals surface area (Å²) in [6, 6.07) is 4.83. The number of rotatable bonds is 3. The third-order valence-corrected chi connectivity index (χ3v) is 5.95. The van der Waals surface area contributed by atoms with E-state index in [9.17, 15) is 19.2 Å². The average Bonchev–Trinajstić information content (AvgIpc) is 2.98. The summed E-state index contributed by atoms with van der Waals surface area (Å²) in [5, 5.41) is 2.32. The Kier molecular flexibility index (Phi) is 6.04. The van der Waals surface area contributed by atoms with Crippen LogP contribution in [0.15, 0.2) is 23.0 Å². The third kappa shape index (κ3) is 4.66. The number of benzene rings is 1. The lowest BCUT2D eigenvalue weighted by molar-refractivity contribution is -0.135. The van der Waals surface area contributed by atoms with Crippen LogP contribution in [0.3, 0.4) is 0 Å². The molecule has 1 aromatic carbocycles. The van der Waals surface area contributed by atoms with Crippen LogP contribution in [0.1, 0.15) is 45.2 Å². The fourth-order valence-electron chi connectivity index (χ4n) is 4.49. The molecule has 33 heavy (non-hydrogen) atoms. The molecule has 1 N–H and O–H groups in total. The highest BCUT2D eigenvalue weighted by atomic mass is 16.6. The maximum Gasteiger partial charge on any atom is 0.410 e. The number of hydrogen-bond donors (Lipinski definition) is 1. The smallest absolute Gasteiger partial charge is 0.410 e. The van der Waals surface area contributed by atoms with Crippen LogP contribution in [0.2, 0.25) is 0 Å². The number of carbonyl (C=O) groups excluding carboxylic acids is 3. The Hall–Kier alpha value is -3.14. The largest absolute Gasteiger partial charge is 0.444 e. The normalized spacial score (nSPS) is 21.9. The first-order chi connectivity index (χ1) is 15.5. The van der Waals surface area contributed by atoms with Crippen molar-refractivity contribution >= 4 is 28.9 Å². The summed E-state index contributed by atoms with van der Waals surface area (Å²) in [6.45, 7) is 6.73. The minimum Gasteiger partial charge on any atom is -0.444 e. The molecule has 2 fully saturated rings. The highest BCUT2D eigenvalue weighted by molar-refractivity contribution is 6.00. The van der Waals surface area contributed by atoms with Gasteiger partial charge in [-0.25, -0.2) is 9.59 Å². The Bertz CT molecular complexity index is 1160. The topological polar surface area (TPSA) is 112 Å². The first-order valence-corrected chi connectivity index (χ1v) is 11.2. The third-order valence-electron chi connectivity index (χ3n) is 5.95. The molecule has 2 atom stereocenters. The summed E-state index contributed by atoms with van der Waals surface area (Å²) in [7, 11) is 1.67. The number of nitrogens with zero attached hydrogens (tertiary/aromatic N) is 3. The zero-order chi connectivity index (χ0) is 23.9. The lowest BCUT2D eigenvalue weighted by Crippen LogP contribution is -2.48. The molecule has 0 aliphatic carbocycles. The second-order valence-electron chi connectivity index (χ2n) is 9.59. The van der Waals surface area contributed by atoms with Gasteiger partial charge in [-0.1, -0.05) is 12.1 Å². The van der Waals surface area contributed by atoms with Crippen LogP contribution >= 0.6 is 0 Å². The van der Waals surface area contributed by atoms with Crippen LogP contribution in [0.4, 0.5) is 4.79 Å². The zero-order valence-corrected chi connectivity index (χ0v) is 19.4. The van der Waals surface area contributed by atoms with Crippen molar-refractivity contribution in [2.75, 3.05) is 19.7 Å². The molecule has 0 bridgehead atoms. The summed E-state index contributed by atoms with van der Waals surface area (Å²) >= 11 is 0. The van der Waals surface area contributed by atoms with Crippen LogP contribution in [-0.2, 0) is 32.5 Å². The number of nitrogens with one attached hydrogen (secondary N) is 1. The SMILES string of the molecule is Cn1c(=O)n(C2CCC(=O)NC2=O)c2cccc(CC3CN(C(=O)OC(C)(C)C)CCO3)c21. The minimum absolute atomic E-state index is 0.190. The zero-order valence-electron chi connectivity index (χ0n) is 19.4. The van der Waals surface area contributed by atoms with E-state index >= 15 is 0 Å². The highest BCUT2D eigenvalue weighted by Crippen LogP contribution is 2.26. The van der Waals surface area contributed by atoms with Crippen molar-refractivity contribution in [2.24, 2.45) is 7.05 Å². The molecule has 0 saturated carbocycles. The summed E-state index contributed by atoms with van der Waals surface area (Å²) in [5.74, 6) is -0.788. The number of amides is 3. The summed E-state index contributed by atoms with van der Waals surface area (Å²) < 4.78 is 14.4. The van der Waals surface area contributed by atoms with E-state index in [1.807, 2.05) is 32.9 Å². The van der Waals surface area contributed by atoms with Gasteiger partial charge in [0, 0.05) is 26.4 Å². The Balaban J connectivity index is 1.61. The number of morpholine rings is 1. The molecule has 2 aromatic rings. The van der Waals surface area contributed by atoms with Gasteiger partial charge in [-0.05, 0) is 38.8 Å². The molecular weight excluding hydrogens is 428 g/mol. The molecule has 3 heterocycles. The summed E-state index contributed by atoms with van der Waals surface area (Å²) in [4.78, 5) is 51.2. The first-order valence-electron chi connectivity index (χ1n) is 11.2.